The normalized spacial score (nSPS) is 24.0. The van der Waals surface area contributed by atoms with E-state index >= 15 is 0 Å². The van der Waals surface area contributed by atoms with Crippen molar-refractivity contribution in [1.82, 2.24) is 0 Å². The molecule has 2 saturated heterocycles. The summed E-state index contributed by atoms with van der Waals surface area (Å²) < 4.78 is 67.8. The van der Waals surface area contributed by atoms with Crippen LogP contribution in [0.1, 0.15) is 58.4 Å². The van der Waals surface area contributed by atoms with E-state index in [4.69, 9.17) is 75.3 Å². The van der Waals surface area contributed by atoms with Crippen LogP contribution in [0.5, 0.6) is 23.0 Å². The van der Waals surface area contributed by atoms with Crippen molar-refractivity contribution in [2.75, 3.05) is 21.3 Å². The van der Waals surface area contributed by atoms with E-state index in [2.05, 4.69) is 0 Å². The fourth-order valence-corrected chi connectivity index (χ4v) is 8.54. The molecule has 1 N–H and O–H groups in total. The molecule has 0 aromatic heterocycles. The summed E-state index contributed by atoms with van der Waals surface area (Å²) in [6, 6.07) is 34.4. The van der Waals surface area contributed by atoms with E-state index in [1.54, 1.807) is 28.1 Å². The Balaban J connectivity index is 1.09. The molecule has 0 radical (unpaired) electrons. The molecule has 13 nitrogen and oxygen atoms in total. The highest BCUT2D eigenvalue weighted by atomic mass is 35.5. The Morgan fingerprint density at radius 1 is 0.606 bits per heavy atom. The molecule has 9 atom stereocenters. The van der Waals surface area contributed by atoms with Crippen molar-refractivity contribution in [3.05, 3.63) is 153 Å². The molecule has 0 aliphatic carbocycles. The van der Waals surface area contributed by atoms with E-state index in [0.717, 1.165) is 33.8 Å². The zero-order valence-corrected chi connectivity index (χ0v) is 39.2. The molecule has 15 heteroatoms. The van der Waals surface area contributed by atoms with Crippen molar-refractivity contribution in [2.24, 2.45) is 0 Å². The summed E-state index contributed by atoms with van der Waals surface area (Å²) >= 11 is 13.5. The van der Waals surface area contributed by atoms with Crippen molar-refractivity contribution >= 4 is 29.2 Å². The first-order chi connectivity index (χ1) is 32.0. The molecule has 7 rings (SSSR count). The maximum Gasteiger partial charge on any atom is 0.342 e. The van der Waals surface area contributed by atoms with E-state index in [1.165, 1.54) is 7.11 Å². The zero-order valence-electron chi connectivity index (χ0n) is 37.7. The highest BCUT2D eigenvalue weighted by molar-refractivity contribution is 6.39. The van der Waals surface area contributed by atoms with Crippen LogP contribution in [0.3, 0.4) is 0 Å². The van der Waals surface area contributed by atoms with Crippen LogP contribution in [-0.2, 0) is 59.6 Å². The predicted molar refractivity (Wildman–Crippen MR) is 246 cm³/mol. The smallest absolute Gasteiger partial charge is 0.342 e. The third-order valence-corrected chi connectivity index (χ3v) is 12.3. The molecule has 0 amide bonds. The van der Waals surface area contributed by atoms with Crippen LogP contribution in [0.25, 0.3) is 0 Å². The molecule has 2 heterocycles. The Hall–Kier alpha value is -4.93. The molecule has 2 aliphatic heterocycles. The number of hydrogen-bond donors (Lipinski definition) is 1. The number of esters is 1. The van der Waals surface area contributed by atoms with E-state index in [1.807, 2.05) is 116 Å². The Kier molecular flexibility index (Phi) is 17.2. The molecule has 2 aliphatic rings. The molecular formula is C51H56Cl2O13. The lowest BCUT2D eigenvalue weighted by atomic mass is 9.97. The lowest BCUT2D eigenvalue weighted by molar-refractivity contribution is -0.349. The number of benzene rings is 5. The van der Waals surface area contributed by atoms with Gasteiger partial charge < -0.3 is 57.2 Å². The van der Waals surface area contributed by atoms with Crippen LogP contribution >= 0.6 is 23.2 Å². The average Bonchev–Trinajstić information content (AvgIpc) is 3.33. The Morgan fingerprint density at radius 2 is 1.12 bits per heavy atom. The monoisotopic (exact) mass is 946 g/mol. The highest BCUT2D eigenvalue weighted by Crippen LogP contribution is 2.46. The van der Waals surface area contributed by atoms with Gasteiger partial charge in [-0.25, -0.2) is 4.79 Å². The van der Waals surface area contributed by atoms with Gasteiger partial charge in [0.1, 0.15) is 47.0 Å². The average molecular weight is 948 g/mol. The second kappa shape index (κ2) is 23.2. The van der Waals surface area contributed by atoms with Gasteiger partial charge in [-0.3, -0.25) is 0 Å². The first-order valence-electron chi connectivity index (χ1n) is 21.7. The number of ether oxygens (including phenoxy) is 11. The van der Waals surface area contributed by atoms with Crippen molar-refractivity contribution < 1.29 is 62.0 Å². The Morgan fingerprint density at radius 3 is 1.67 bits per heavy atom. The van der Waals surface area contributed by atoms with Crippen molar-refractivity contribution in [1.29, 1.82) is 0 Å². The number of methoxy groups -OCH3 is 3. The SMILES string of the molecule is COc1ccc(CO[C@@H]2O[C@H](C)[C@@H](O[C@H]3C[C@@H](O)[C@H](OC(=O)c4c(C)c(Cl)c(OCc5ccccc5)c(Cl)c4OC)[C@@H](C)O3)[C@H](OCc3ccccc3)[C@H]2OCc2ccc(OC)cc2)cc1. The third-order valence-electron chi connectivity index (χ3n) is 11.5. The van der Waals surface area contributed by atoms with Crippen LogP contribution < -0.4 is 18.9 Å². The standard InChI is InChI=1S/C51H56Cl2O13/c1-30-41(46(58-6)43(53)47(42(30)52)59-26-33-13-9-7-10-14-33)50(55)66-44-31(2)63-40(25-39(44)54)65-45-32(3)64-51(62-29-36-19-23-38(57-5)24-20-36)49(48(45)60-27-34-15-11-8-12-16-34)61-28-35-17-21-37(56-4)22-18-35/h7-24,31-32,39-40,44-45,48-49,51,54H,25-29H2,1-6H3/t31-,32-,39-,40+,44-,45-,48+,49-,51-/m1/s1. The second-order valence-electron chi connectivity index (χ2n) is 16.1. The van der Waals surface area contributed by atoms with Gasteiger partial charge in [-0.1, -0.05) is 108 Å². The molecule has 66 heavy (non-hydrogen) atoms. The van der Waals surface area contributed by atoms with Gasteiger partial charge in [0.05, 0.1) is 64.5 Å². The number of carbonyl (C=O) groups excluding carboxylic acids is 1. The fourth-order valence-electron chi connectivity index (χ4n) is 7.93. The van der Waals surface area contributed by atoms with Gasteiger partial charge in [0.15, 0.2) is 30.2 Å². The summed E-state index contributed by atoms with van der Waals surface area (Å²) in [5.74, 6) is 0.816. The third kappa shape index (κ3) is 12.0. The van der Waals surface area contributed by atoms with Gasteiger partial charge >= 0.3 is 5.97 Å². The molecule has 5 aromatic rings. The summed E-state index contributed by atoms with van der Waals surface area (Å²) in [5.41, 5.74) is 3.94. The first-order valence-corrected chi connectivity index (χ1v) is 22.5. The van der Waals surface area contributed by atoms with Crippen LogP contribution in [0, 0.1) is 6.92 Å². The van der Waals surface area contributed by atoms with E-state index in [-0.39, 0.29) is 60.0 Å². The summed E-state index contributed by atoms with van der Waals surface area (Å²) in [6.45, 7) is 6.01. The predicted octanol–water partition coefficient (Wildman–Crippen LogP) is 9.45. The lowest BCUT2D eigenvalue weighted by Crippen LogP contribution is -2.61. The molecule has 2 fully saturated rings. The number of hydrogen-bond acceptors (Lipinski definition) is 13. The molecule has 5 aromatic carbocycles. The minimum atomic E-state index is -1.21. The summed E-state index contributed by atoms with van der Waals surface area (Å²) in [7, 11) is 4.61. The Labute approximate surface area is 395 Å². The molecular weight excluding hydrogens is 891 g/mol. The minimum Gasteiger partial charge on any atom is -0.497 e. The van der Waals surface area contributed by atoms with Crippen molar-refractivity contribution in [3.8, 4) is 23.0 Å². The number of aliphatic hydroxyl groups excluding tert-OH is 1. The number of rotatable bonds is 19. The van der Waals surface area contributed by atoms with Gasteiger partial charge in [-0.2, -0.15) is 0 Å². The van der Waals surface area contributed by atoms with Gasteiger partial charge in [-0.15, -0.1) is 0 Å². The van der Waals surface area contributed by atoms with Crippen LogP contribution in [0.15, 0.2) is 109 Å². The van der Waals surface area contributed by atoms with Crippen LogP contribution in [-0.4, -0.2) is 87.7 Å². The zero-order chi connectivity index (χ0) is 46.7. The van der Waals surface area contributed by atoms with Crippen LogP contribution in [0.2, 0.25) is 10.0 Å². The quantitative estimate of drug-likeness (QED) is 0.0788. The van der Waals surface area contributed by atoms with Gasteiger partial charge in [0, 0.05) is 6.42 Å². The second-order valence-corrected chi connectivity index (χ2v) is 16.8. The molecule has 352 valence electrons. The van der Waals surface area contributed by atoms with Gasteiger partial charge in [0.25, 0.3) is 0 Å². The summed E-state index contributed by atoms with van der Waals surface area (Å²) in [6.07, 6.45) is -8.01. The number of carbonyl (C=O) groups is 1. The largest absolute Gasteiger partial charge is 0.497 e. The van der Waals surface area contributed by atoms with Crippen molar-refractivity contribution in [3.63, 3.8) is 0 Å². The number of aliphatic hydroxyl groups is 1. The Bertz CT molecular complexity index is 2310. The van der Waals surface area contributed by atoms with Gasteiger partial charge in [0.2, 0.25) is 0 Å². The van der Waals surface area contributed by atoms with E-state index < -0.39 is 61.3 Å². The summed E-state index contributed by atoms with van der Waals surface area (Å²) in [5, 5.41) is 11.8. The lowest BCUT2D eigenvalue weighted by Gasteiger charge is -2.47. The van der Waals surface area contributed by atoms with Gasteiger partial charge in [-0.05, 0) is 72.9 Å². The van der Waals surface area contributed by atoms with E-state index in [0.29, 0.717) is 5.56 Å². The molecule has 0 saturated carbocycles. The maximum atomic E-state index is 14.0. The molecule has 0 bridgehead atoms. The molecule has 0 spiro atoms. The summed E-state index contributed by atoms with van der Waals surface area (Å²) in [4.78, 5) is 14.0. The molecule has 0 unspecified atom stereocenters. The topological polar surface area (TPSA) is 139 Å². The fraction of sp³-hybridized carbons (Fsp3) is 0.392. The first kappa shape index (κ1) is 49.0. The van der Waals surface area contributed by atoms with Crippen molar-refractivity contribution in [2.45, 2.75) is 109 Å². The highest BCUT2D eigenvalue weighted by Gasteiger charge is 2.50. The van der Waals surface area contributed by atoms with Crippen LogP contribution in [0.4, 0.5) is 0 Å². The minimum absolute atomic E-state index is 0.00505. The maximum absolute atomic E-state index is 14.0. The number of halogens is 2. The van der Waals surface area contributed by atoms with E-state index in [9.17, 15) is 9.90 Å².